The number of hydrazine groups is 1. The van der Waals surface area contributed by atoms with Gasteiger partial charge in [0.25, 0.3) is 0 Å². The summed E-state index contributed by atoms with van der Waals surface area (Å²) in [7, 11) is 0. The van der Waals surface area contributed by atoms with Gasteiger partial charge in [-0.25, -0.2) is 5.84 Å². The average molecular weight is 214 g/mol. The van der Waals surface area contributed by atoms with Crippen molar-refractivity contribution in [2.24, 2.45) is 16.8 Å². The van der Waals surface area contributed by atoms with E-state index < -0.39 is 0 Å². The topological polar surface area (TPSA) is 53.6 Å². The maximum absolute atomic E-state index is 5.47. The molecular weight excluding hydrogens is 188 g/mol. The smallest absolute Gasteiger partial charge is 0.208 e. The predicted molar refractivity (Wildman–Crippen MR) is 66.6 cm³/mol. The maximum Gasteiger partial charge on any atom is 0.208 e. The van der Waals surface area contributed by atoms with E-state index in [-0.39, 0.29) is 0 Å². The molecule has 0 atom stereocenters. The highest BCUT2D eigenvalue weighted by atomic mass is 15.4. The Kier molecular flexibility index (Phi) is 8.09. The number of hydrogen-bond donors (Lipinski definition) is 2. The molecule has 0 spiro atoms. The molecule has 0 amide bonds. The van der Waals surface area contributed by atoms with Gasteiger partial charge in [-0.15, -0.1) is 0 Å². The Hall–Kier alpha value is -0.770. The number of aliphatic imine (C=N–C) groups is 1. The van der Waals surface area contributed by atoms with E-state index in [1.165, 1.54) is 12.8 Å². The number of rotatable bonds is 6. The van der Waals surface area contributed by atoms with Gasteiger partial charge in [-0.3, -0.25) is 10.4 Å². The third-order valence-electron chi connectivity index (χ3n) is 2.75. The lowest BCUT2D eigenvalue weighted by molar-refractivity contribution is 0.326. The van der Waals surface area contributed by atoms with Crippen LogP contribution >= 0.6 is 0 Å². The summed E-state index contributed by atoms with van der Waals surface area (Å²) in [5.41, 5.74) is 2.68. The Bertz CT molecular complexity index is 175. The van der Waals surface area contributed by atoms with Crippen molar-refractivity contribution in [2.75, 3.05) is 19.6 Å². The highest BCUT2D eigenvalue weighted by Crippen LogP contribution is 2.09. The molecule has 15 heavy (non-hydrogen) atoms. The van der Waals surface area contributed by atoms with Crippen molar-refractivity contribution in [1.29, 1.82) is 0 Å². The molecule has 0 rings (SSSR count). The average Bonchev–Trinajstić information content (AvgIpc) is 2.28. The third-order valence-corrected chi connectivity index (χ3v) is 2.75. The second-order valence-corrected chi connectivity index (χ2v) is 3.66. The van der Waals surface area contributed by atoms with Crippen molar-refractivity contribution < 1.29 is 0 Å². The fourth-order valence-corrected chi connectivity index (χ4v) is 1.61. The monoisotopic (exact) mass is 214 g/mol. The number of nitrogens with zero attached hydrogens (tertiary/aromatic N) is 2. The fraction of sp³-hybridized carbons (Fsp3) is 0.909. The van der Waals surface area contributed by atoms with E-state index in [0.717, 1.165) is 31.5 Å². The first-order chi connectivity index (χ1) is 7.23. The standard InChI is InChI=1S/C11H26N4/c1-5-10(6-2)9-15(8-4)11(14-12)13-7-3/h10H,5-9,12H2,1-4H3,(H,13,14). The van der Waals surface area contributed by atoms with Crippen LogP contribution in [0.25, 0.3) is 0 Å². The van der Waals surface area contributed by atoms with Gasteiger partial charge < -0.3 is 4.90 Å². The number of hydrogen-bond acceptors (Lipinski definition) is 2. The van der Waals surface area contributed by atoms with E-state index in [9.17, 15) is 0 Å². The number of nitrogens with two attached hydrogens (primary N) is 1. The lowest BCUT2D eigenvalue weighted by Gasteiger charge is -2.27. The molecule has 0 aromatic carbocycles. The van der Waals surface area contributed by atoms with Gasteiger partial charge in [0.15, 0.2) is 0 Å². The van der Waals surface area contributed by atoms with Crippen LogP contribution in [0.3, 0.4) is 0 Å². The zero-order valence-corrected chi connectivity index (χ0v) is 10.6. The molecule has 0 saturated carbocycles. The second kappa shape index (κ2) is 8.53. The lowest BCUT2D eigenvalue weighted by Crippen LogP contribution is -2.46. The van der Waals surface area contributed by atoms with Crippen LogP contribution in [-0.4, -0.2) is 30.5 Å². The molecule has 0 aliphatic rings. The molecule has 0 aliphatic carbocycles. The van der Waals surface area contributed by atoms with Gasteiger partial charge in [0.2, 0.25) is 5.96 Å². The maximum atomic E-state index is 5.47. The summed E-state index contributed by atoms with van der Waals surface area (Å²) in [6, 6.07) is 0. The molecule has 0 heterocycles. The van der Waals surface area contributed by atoms with Gasteiger partial charge in [-0.2, -0.15) is 0 Å². The summed E-state index contributed by atoms with van der Waals surface area (Å²) in [5.74, 6) is 7.01. The normalized spacial score (nSPS) is 12.0. The first-order valence-corrected chi connectivity index (χ1v) is 5.99. The van der Waals surface area contributed by atoms with Crippen molar-refractivity contribution in [3.63, 3.8) is 0 Å². The molecule has 0 unspecified atom stereocenters. The SMILES string of the molecule is CCN=C(NN)N(CC)CC(CC)CC. The molecule has 0 fully saturated rings. The van der Waals surface area contributed by atoms with Crippen LogP contribution in [0.15, 0.2) is 4.99 Å². The molecule has 0 aromatic heterocycles. The molecule has 4 nitrogen and oxygen atoms in total. The van der Waals surface area contributed by atoms with Crippen LogP contribution in [0.1, 0.15) is 40.5 Å². The van der Waals surface area contributed by atoms with Crippen LogP contribution in [0.4, 0.5) is 0 Å². The van der Waals surface area contributed by atoms with E-state index >= 15 is 0 Å². The second-order valence-electron chi connectivity index (χ2n) is 3.66. The largest absolute Gasteiger partial charge is 0.342 e. The molecule has 0 aromatic rings. The Morgan fingerprint density at radius 1 is 1.27 bits per heavy atom. The van der Waals surface area contributed by atoms with Gasteiger partial charge in [0.1, 0.15) is 0 Å². The van der Waals surface area contributed by atoms with Gasteiger partial charge >= 0.3 is 0 Å². The number of nitrogens with one attached hydrogen (secondary N) is 1. The minimum Gasteiger partial charge on any atom is -0.342 e. The highest BCUT2D eigenvalue weighted by Gasteiger charge is 2.12. The highest BCUT2D eigenvalue weighted by molar-refractivity contribution is 5.79. The molecule has 3 N–H and O–H groups in total. The summed E-state index contributed by atoms with van der Waals surface area (Å²) in [5, 5.41) is 0. The van der Waals surface area contributed by atoms with E-state index in [0.29, 0.717) is 0 Å². The third kappa shape index (κ3) is 5.02. The number of guanidine groups is 1. The summed E-state index contributed by atoms with van der Waals surface area (Å²) >= 11 is 0. The zero-order valence-electron chi connectivity index (χ0n) is 10.6. The summed E-state index contributed by atoms with van der Waals surface area (Å²) in [4.78, 5) is 6.55. The molecule has 4 heteroatoms. The van der Waals surface area contributed by atoms with Gasteiger partial charge in [0, 0.05) is 19.6 Å². The Labute approximate surface area is 93.9 Å². The minimum absolute atomic E-state index is 0.723. The van der Waals surface area contributed by atoms with Crippen molar-refractivity contribution in [2.45, 2.75) is 40.5 Å². The quantitative estimate of drug-likeness (QED) is 0.305. The fourth-order valence-electron chi connectivity index (χ4n) is 1.61. The molecule has 0 radical (unpaired) electrons. The van der Waals surface area contributed by atoms with E-state index in [1.807, 2.05) is 6.92 Å². The van der Waals surface area contributed by atoms with Crippen molar-refractivity contribution in [1.82, 2.24) is 10.3 Å². The molecule has 0 saturated heterocycles. The first-order valence-electron chi connectivity index (χ1n) is 5.99. The summed E-state index contributed by atoms with van der Waals surface area (Å²) in [6.45, 7) is 11.3. The predicted octanol–water partition coefficient (Wildman–Crippen LogP) is 1.58. The van der Waals surface area contributed by atoms with Crippen molar-refractivity contribution >= 4 is 5.96 Å². The van der Waals surface area contributed by atoms with Crippen LogP contribution in [0.5, 0.6) is 0 Å². The first kappa shape index (κ1) is 14.2. The van der Waals surface area contributed by atoms with Gasteiger partial charge in [0.05, 0.1) is 0 Å². The van der Waals surface area contributed by atoms with Crippen LogP contribution in [-0.2, 0) is 0 Å². The molecule has 0 bridgehead atoms. The van der Waals surface area contributed by atoms with Crippen LogP contribution < -0.4 is 11.3 Å². The molecule has 90 valence electrons. The Morgan fingerprint density at radius 3 is 2.20 bits per heavy atom. The van der Waals surface area contributed by atoms with Gasteiger partial charge in [-0.1, -0.05) is 26.7 Å². The van der Waals surface area contributed by atoms with E-state index in [4.69, 9.17) is 5.84 Å². The van der Waals surface area contributed by atoms with Crippen molar-refractivity contribution in [3.05, 3.63) is 0 Å². The van der Waals surface area contributed by atoms with Gasteiger partial charge in [-0.05, 0) is 19.8 Å². The van der Waals surface area contributed by atoms with Crippen LogP contribution in [0.2, 0.25) is 0 Å². The molecule has 0 aliphatic heterocycles. The Morgan fingerprint density at radius 2 is 1.87 bits per heavy atom. The van der Waals surface area contributed by atoms with Crippen molar-refractivity contribution in [3.8, 4) is 0 Å². The van der Waals surface area contributed by atoms with Crippen LogP contribution in [0, 0.1) is 5.92 Å². The molecular formula is C11H26N4. The summed E-state index contributed by atoms with van der Waals surface area (Å²) in [6.07, 6.45) is 2.41. The Balaban J connectivity index is 4.38. The summed E-state index contributed by atoms with van der Waals surface area (Å²) < 4.78 is 0. The minimum atomic E-state index is 0.723. The lowest BCUT2D eigenvalue weighted by atomic mass is 10.0. The van der Waals surface area contributed by atoms with E-state index in [2.05, 4.69) is 36.1 Å². The van der Waals surface area contributed by atoms with E-state index in [1.54, 1.807) is 0 Å². The zero-order chi connectivity index (χ0) is 11.7.